The number of hydrogen-bond donors (Lipinski definition) is 0. The van der Waals surface area contributed by atoms with Crippen molar-refractivity contribution in [3.05, 3.63) is 41.3 Å². The van der Waals surface area contributed by atoms with Gasteiger partial charge < -0.3 is 0 Å². The molecular formula is C13H19. The first-order valence-electron chi connectivity index (χ1n) is 5.20. The van der Waals surface area contributed by atoms with E-state index in [9.17, 15) is 0 Å². The summed E-state index contributed by atoms with van der Waals surface area (Å²) in [6.07, 6.45) is 3.66. The third-order valence-corrected chi connectivity index (χ3v) is 2.50. The van der Waals surface area contributed by atoms with Gasteiger partial charge in [0.1, 0.15) is 0 Å². The molecule has 71 valence electrons. The largest absolute Gasteiger partial charge is 0.0654 e. The fourth-order valence-corrected chi connectivity index (χ4v) is 1.77. The summed E-state index contributed by atoms with van der Waals surface area (Å²) in [4.78, 5) is 0. The maximum atomic E-state index is 2.25. The Morgan fingerprint density at radius 1 is 1.15 bits per heavy atom. The zero-order chi connectivity index (χ0) is 9.68. The molecule has 0 saturated carbocycles. The van der Waals surface area contributed by atoms with E-state index >= 15 is 0 Å². The summed E-state index contributed by atoms with van der Waals surface area (Å²) in [5, 5.41) is 0. The highest BCUT2D eigenvalue weighted by atomic mass is 14.1. The lowest BCUT2D eigenvalue weighted by Gasteiger charge is -2.15. The van der Waals surface area contributed by atoms with Crippen molar-refractivity contribution >= 4 is 0 Å². The van der Waals surface area contributed by atoms with Crippen LogP contribution in [0.15, 0.2) is 24.3 Å². The third-order valence-electron chi connectivity index (χ3n) is 2.50. The molecule has 0 spiro atoms. The molecule has 0 atom stereocenters. The Kier molecular flexibility index (Phi) is 4.01. The number of hydrogen-bond acceptors (Lipinski definition) is 0. The summed E-state index contributed by atoms with van der Waals surface area (Å²) in [6.45, 7) is 6.69. The van der Waals surface area contributed by atoms with Gasteiger partial charge in [-0.2, -0.15) is 0 Å². The second-order valence-corrected chi connectivity index (χ2v) is 3.52. The summed E-state index contributed by atoms with van der Waals surface area (Å²) < 4.78 is 0. The molecule has 0 aromatic heterocycles. The summed E-state index contributed by atoms with van der Waals surface area (Å²) in [5.41, 5.74) is 2.87. The average molecular weight is 175 g/mol. The molecule has 1 aromatic carbocycles. The highest BCUT2D eigenvalue weighted by molar-refractivity contribution is 5.37. The van der Waals surface area contributed by atoms with Crippen LogP contribution in [0.3, 0.4) is 0 Å². The topological polar surface area (TPSA) is 0 Å². The number of benzene rings is 1. The average Bonchev–Trinajstić information content (AvgIpc) is 2.16. The van der Waals surface area contributed by atoms with Gasteiger partial charge in [-0.15, -0.1) is 0 Å². The van der Waals surface area contributed by atoms with Crippen molar-refractivity contribution in [2.75, 3.05) is 0 Å². The third kappa shape index (κ3) is 2.58. The molecule has 0 heteroatoms. The van der Waals surface area contributed by atoms with E-state index < -0.39 is 0 Å². The Bertz CT molecular complexity index is 250. The molecule has 0 fully saturated rings. The van der Waals surface area contributed by atoms with Crippen LogP contribution in [-0.2, 0) is 0 Å². The van der Waals surface area contributed by atoms with Crippen molar-refractivity contribution in [2.24, 2.45) is 0 Å². The monoisotopic (exact) mass is 175 g/mol. The van der Waals surface area contributed by atoms with Crippen LogP contribution >= 0.6 is 0 Å². The van der Waals surface area contributed by atoms with Gasteiger partial charge in [0.25, 0.3) is 0 Å². The molecule has 0 aliphatic carbocycles. The summed E-state index contributed by atoms with van der Waals surface area (Å²) >= 11 is 0. The predicted molar refractivity (Wildman–Crippen MR) is 58.7 cm³/mol. The van der Waals surface area contributed by atoms with Crippen molar-refractivity contribution in [2.45, 2.75) is 40.0 Å². The Morgan fingerprint density at radius 3 is 2.38 bits per heavy atom. The van der Waals surface area contributed by atoms with Crippen LogP contribution in [0.1, 0.15) is 44.2 Å². The lowest BCUT2D eigenvalue weighted by molar-refractivity contribution is 0.766. The van der Waals surface area contributed by atoms with Gasteiger partial charge in [-0.25, -0.2) is 0 Å². The molecule has 0 aliphatic rings. The van der Waals surface area contributed by atoms with Crippen molar-refractivity contribution in [3.63, 3.8) is 0 Å². The van der Waals surface area contributed by atoms with E-state index in [1.807, 2.05) is 0 Å². The Morgan fingerprint density at radius 2 is 1.85 bits per heavy atom. The van der Waals surface area contributed by atoms with Crippen LogP contribution in [0, 0.1) is 12.8 Å². The molecule has 0 unspecified atom stereocenters. The van der Waals surface area contributed by atoms with Crippen molar-refractivity contribution in [1.29, 1.82) is 0 Å². The first-order valence-corrected chi connectivity index (χ1v) is 5.20. The number of rotatable bonds is 4. The molecular weight excluding hydrogens is 156 g/mol. The number of aryl methyl sites for hydroxylation is 1. The van der Waals surface area contributed by atoms with E-state index in [0.29, 0.717) is 0 Å². The molecule has 0 heterocycles. The van der Waals surface area contributed by atoms with E-state index in [2.05, 4.69) is 45.0 Å². The Hall–Kier alpha value is -0.780. The highest BCUT2D eigenvalue weighted by Gasteiger charge is 2.10. The Labute approximate surface area is 82.0 Å². The van der Waals surface area contributed by atoms with Crippen LogP contribution in [0.4, 0.5) is 0 Å². The summed E-state index contributed by atoms with van der Waals surface area (Å²) in [7, 11) is 0. The minimum absolute atomic E-state index is 1.18. The minimum atomic E-state index is 1.18. The highest BCUT2D eigenvalue weighted by Crippen LogP contribution is 2.25. The second kappa shape index (κ2) is 5.06. The molecule has 1 aromatic rings. The standard InChI is InChI=1S/C13H19/c1-4-8-12(5-2)13-10-7-6-9-11(13)3/h6-7,9-10H,4-5,8H2,1-3H3. The van der Waals surface area contributed by atoms with Gasteiger partial charge in [0, 0.05) is 5.92 Å². The maximum absolute atomic E-state index is 2.25. The van der Waals surface area contributed by atoms with E-state index in [1.54, 1.807) is 5.92 Å². The fraction of sp³-hybridized carbons (Fsp3) is 0.462. The first kappa shape index (κ1) is 10.3. The van der Waals surface area contributed by atoms with E-state index in [0.717, 1.165) is 0 Å². The van der Waals surface area contributed by atoms with Gasteiger partial charge in [0.05, 0.1) is 0 Å². The van der Waals surface area contributed by atoms with E-state index in [-0.39, 0.29) is 0 Å². The molecule has 0 bridgehead atoms. The van der Waals surface area contributed by atoms with Gasteiger partial charge in [-0.05, 0) is 30.9 Å². The van der Waals surface area contributed by atoms with Crippen LogP contribution in [0.2, 0.25) is 0 Å². The van der Waals surface area contributed by atoms with Gasteiger partial charge >= 0.3 is 0 Å². The second-order valence-electron chi connectivity index (χ2n) is 3.52. The van der Waals surface area contributed by atoms with Gasteiger partial charge in [-0.1, -0.05) is 44.5 Å². The van der Waals surface area contributed by atoms with E-state index in [4.69, 9.17) is 0 Å². The molecule has 0 nitrogen and oxygen atoms in total. The maximum Gasteiger partial charge on any atom is 0.00497 e. The molecule has 0 amide bonds. The minimum Gasteiger partial charge on any atom is -0.0654 e. The van der Waals surface area contributed by atoms with Crippen molar-refractivity contribution in [3.8, 4) is 0 Å². The molecule has 13 heavy (non-hydrogen) atoms. The zero-order valence-corrected chi connectivity index (χ0v) is 8.93. The smallest absolute Gasteiger partial charge is 0.00497 e. The van der Waals surface area contributed by atoms with Crippen LogP contribution < -0.4 is 0 Å². The quantitative estimate of drug-likeness (QED) is 0.645. The van der Waals surface area contributed by atoms with Crippen molar-refractivity contribution in [1.82, 2.24) is 0 Å². The lowest BCUT2D eigenvalue weighted by Crippen LogP contribution is -2.00. The fourth-order valence-electron chi connectivity index (χ4n) is 1.77. The van der Waals surface area contributed by atoms with Gasteiger partial charge in [0.15, 0.2) is 0 Å². The normalized spacial score (nSPS) is 10.8. The van der Waals surface area contributed by atoms with Crippen LogP contribution in [-0.4, -0.2) is 0 Å². The molecule has 0 saturated heterocycles. The Balaban J connectivity index is 2.84. The predicted octanol–water partition coefficient (Wildman–Crippen LogP) is 4.13. The molecule has 1 rings (SSSR count). The van der Waals surface area contributed by atoms with Crippen molar-refractivity contribution < 1.29 is 0 Å². The van der Waals surface area contributed by atoms with Gasteiger partial charge in [0.2, 0.25) is 0 Å². The van der Waals surface area contributed by atoms with E-state index in [1.165, 1.54) is 30.4 Å². The lowest BCUT2D eigenvalue weighted by atomic mass is 9.89. The molecule has 1 radical (unpaired) electrons. The molecule has 0 N–H and O–H groups in total. The first-order chi connectivity index (χ1) is 6.29. The summed E-state index contributed by atoms with van der Waals surface area (Å²) in [5.74, 6) is 1.60. The zero-order valence-electron chi connectivity index (χ0n) is 8.93. The van der Waals surface area contributed by atoms with Crippen LogP contribution in [0.5, 0.6) is 0 Å². The SMILES string of the molecule is CCC[C](CC)c1ccccc1C. The van der Waals surface area contributed by atoms with Gasteiger partial charge in [-0.3, -0.25) is 0 Å². The van der Waals surface area contributed by atoms with Crippen LogP contribution in [0.25, 0.3) is 0 Å². The molecule has 0 aliphatic heterocycles. The summed E-state index contributed by atoms with van der Waals surface area (Å²) in [6, 6.07) is 8.68.